The molecule has 1 aliphatic heterocycles. The minimum absolute atomic E-state index is 0.643. The van der Waals surface area contributed by atoms with E-state index >= 15 is 0 Å². The van der Waals surface area contributed by atoms with Crippen LogP contribution in [0.25, 0.3) is 0 Å². The number of carbonyl (C=O) groups is 1. The van der Waals surface area contributed by atoms with E-state index < -0.39 is 0 Å². The lowest BCUT2D eigenvalue weighted by Crippen LogP contribution is -2.34. The molecule has 6 heteroatoms. The van der Waals surface area contributed by atoms with Gasteiger partial charge < -0.3 is 9.80 Å². The maximum atomic E-state index is 10.6. The molecule has 32 heavy (non-hydrogen) atoms. The highest BCUT2D eigenvalue weighted by atomic mass is 35.5. The fourth-order valence-electron chi connectivity index (χ4n) is 4.04. The largest absolute Gasteiger partial charge is 0.370 e. The van der Waals surface area contributed by atoms with Crippen LogP contribution in [0.15, 0.2) is 59.2 Å². The van der Waals surface area contributed by atoms with Crippen molar-refractivity contribution in [3.8, 4) is 6.07 Å². The zero-order valence-electron chi connectivity index (χ0n) is 18.9. The molecule has 1 saturated heterocycles. The third-order valence-electron chi connectivity index (χ3n) is 6.01. The summed E-state index contributed by atoms with van der Waals surface area (Å²) in [5.41, 5.74) is 4.68. The predicted octanol–water partition coefficient (Wildman–Crippen LogP) is 5.63. The molecule has 0 amide bonds. The zero-order chi connectivity index (χ0) is 23.1. The Bertz CT molecular complexity index is 1040. The summed E-state index contributed by atoms with van der Waals surface area (Å²) in [6, 6.07) is 16.2. The van der Waals surface area contributed by atoms with Crippen LogP contribution in [0.1, 0.15) is 37.8 Å². The van der Waals surface area contributed by atoms with Gasteiger partial charge in [-0.1, -0.05) is 23.7 Å². The summed E-state index contributed by atoms with van der Waals surface area (Å²) in [5.74, 6) is 1.43. The van der Waals surface area contributed by atoms with Crippen LogP contribution >= 0.6 is 11.6 Å². The fraction of sp³-hybridized carbons (Fsp3) is 0.346. The molecule has 0 unspecified atom stereocenters. The molecule has 0 spiro atoms. The van der Waals surface area contributed by atoms with Crippen molar-refractivity contribution in [2.45, 2.75) is 33.1 Å². The lowest BCUT2D eigenvalue weighted by Gasteiger charge is -2.34. The second-order valence-electron chi connectivity index (χ2n) is 8.24. The number of hydrogen-bond acceptors (Lipinski definition) is 4. The molecule has 5 nitrogen and oxygen atoms in total. The number of hydrogen-bond donors (Lipinski definition) is 0. The number of halogens is 1. The van der Waals surface area contributed by atoms with Crippen molar-refractivity contribution in [2.75, 3.05) is 29.9 Å². The lowest BCUT2D eigenvalue weighted by atomic mass is 9.89. The Morgan fingerprint density at radius 1 is 1.22 bits per heavy atom. The molecule has 0 atom stereocenters. The highest BCUT2D eigenvalue weighted by molar-refractivity contribution is 6.33. The minimum atomic E-state index is 0.643. The average molecular weight is 449 g/mol. The third kappa shape index (κ3) is 5.99. The van der Waals surface area contributed by atoms with Gasteiger partial charge in [-0.15, -0.1) is 0 Å². The quantitative estimate of drug-likeness (QED) is 0.249. The van der Waals surface area contributed by atoms with Gasteiger partial charge in [0, 0.05) is 31.5 Å². The number of aldehydes is 1. The number of amidine groups is 1. The fourth-order valence-corrected chi connectivity index (χ4v) is 4.33. The monoisotopic (exact) mass is 448 g/mol. The molecule has 0 aliphatic carbocycles. The standard InChI is InChI=1S/C26H29ClN4O/c1-19(12-15-32)29-20(2)30(3)24-8-9-26(25(27)17-24)31-13-10-22(11-14-31)16-21-4-6-23(18-28)7-5-21/h4-9,12,15,17,22H,10-11,13-14,16H2,1-3H3/b19-12-,29-20-. The average Bonchev–Trinajstić information content (AvgIpc) is 2.80. The number of carbonyl (C=O) groups excluding carboxylic acids is 1. The minimum Gasteiger partial charge on any atom is -0.370 e. The van der Waals surface area contributed by atoms with Crippen LogP contribution in [0.5, 0.6) is 0 Å². The Morgan fingerprint density at radius 3 is 2.50 bits per heavy atom. The van der Waals surface area contributed by atoms with Crippen LogP contribution in [-0.2, 0) is 11.2 Å². The molecule has 1 heterocycles. The Balaban J connectivity index is 1.61. The van der Waals surface area contributed by atoms with E-state index in [0.29, 0.717) is 17.2 Å². The van der Waals surface area contributed by atoms with Crippen molar-refractivity contribution in [3.63, 3.8) is 0 Å². The molecule has 1 aliphatic rings. The Labute approximate surface area is 195 Å². The number of rotatable bonds is 6. The predicted molar refractivity (Wildman–Crippen MR) is 133 cm³/mol. The molecule has 0 aromatic heterocycles. The summed E-state index contributed by atoms with van der Waals surface area (Å²) >= 11 is 6.67. The number of nitriles is 1. The van der Waals surface area contributed by atoms with E-state index in [4.69, 9.17) is 16.9 Å². The van der Waals surface area contributed by atoms with E-state index in [-0.39, 0.29) is 0 Å². The molecule has 2 aromatic rings. The van der Waals surface area contributed by atoms with E-state index in [1.165, 1.54) is 11.6 Å². The molecule has 0 saturated carbocycles. The summed E-state index contributed by atoms with van der Waals surface area (Å²) in [7, 11) is 1.94. The van der Waals surface area contributed by atoms with Crippen LogP contribution in [0.4, 0.5) is 11.4 Å². The van der Waals surface area contributed by atoms with Crippen molar-refractivity contribution in [3.05, 3.63) is 70.4 Å². The van der Waals surface area contributed by atoms with Crippen molar-refractivity contribution >= 4 is 35.1 Å². The van der Waals surface area contributed by atoms with Crippen LogP contribution in [0, 0.1) is 17.2 Å². The van der Waals surface area contributed by atoms with Crippen molar-refractivity contribution in [2.24, 2.45) is 10.9 Å². The van der Waals surface area contributed by atoms with E-state index in [2.05, 4.69) is 40.2 Å². The topological polar surface area (TPSA) is 59.7 Å². The number of anilines is 2. The summed E-state index contributed by atoms with van der Waals surface area (Å²) in [6.07, 6.45) is 5.47. The lowest BCUT2D eigenvalue weighted by molar-refractivity contribution is -0.104. The SMILES string of the molecule is CC(=C/C=O)/N=C(/C)N(C)c1ccc(N2CCC(Cc3ccc(C#N)cc3)CC2)c(Cl)c1. The molecular formula is C26H29ClN4O. The van der Waals surface area contributed by atoms with Crippen LogP contribution in [-0.4, -0.2) is 32.3 Å². The molecular weight excluding hydrogens is 420 g/mol. The van der Waals surface area contributed by atoms with Gasteiger partial charge in [-0.05, 0) is 81.0 Å². The molecule has 0 radical (unpaired) electrons. The number of aliphatic imine (C=N–C) groups is 1. The zero-order valence-corrected chi connectivity index (χ0v) is 19.6. The first-order chi connectivity index (χ1) is 15.4. The van der Waals surface area contributed by atoms with Gasteiger partial charge in [0.25, 0.3) is 0 Å². The van der Waals surface area contributed by atoms with Gasteiger partial charge >= 0.3 is 0 Å². The summed E-state index contributed by atoms with van der Waals surface area (Å²) < 4.78 is 0. The Morgan fingerprint density at radius 2 is 1.91 bits per heavy atom. The van der Waals surface area contributed by atoms with Gasteiger partial charge in [-0.3, -0.25) is 4.79 Å². The van der Waals surface area contributed by atoms with Crippen molar-refractivity contribution < 1.29 is 4.79 Å². The van der Waals surface area contributed by atoms with E-state index in [0.717, 1.165) is 60.9 Å². The normalized spacial score (nSPS) is 15.4. The molecule has 166 valence electrons. The molecule has 1 fully saturated rings. The highest BCUT2D eigenvalue weighted by Crippen LogP contribution is 2.33. The first kappa shape index (κ1) is 23.6. The van der Waals surface area contributed by atoms with Crippen LogP contribution in [0.3, 0.4) is 0 Å². The van der Waals surface area contributed by atoms with Crippen molar-refractivity contribution in [1.29, 1.82) is 5.26 Å². The van der Waals surface area contributed by atoms with E-state index in [1.54, 1.807) is 6.92 Å². The van der Waals surface area contributed by atoms with Crippen molar-refractivity contribution in [1.82, 2.24) is 0 Å². The Hall–Kier alpha value is -3.10. The molecule has 3 rings (SSSR count). The number of piperidine rings is 1. The first-order valence-corrected chi connectivity index (χ1v) is 11.2. The number of benzene rings is 2. The number of nitrogens with zero attached hydrogens (tertiary/aromatic N) is 4. The van der Waals surface area contributed by atoms with Gasteiger partial charge in [0.2, 0.25) is 0 Å². The first-order valence-electron chi connectivity index (χ1n) is 10.9. The summed E-state index contributed by atoms with van der Waals surface area (Å²) in [4.78, 5) is 19.4. The van der Waals surface area contributed by atoms with Gasteiger partial charge in [-0.2, -0.15) is 5.26 Å². The highest BCUT2D eigenvalue weighted by Gasteiger charge is 2.21. The summed E-state index contributed by atoms with van der Waals surface area (Å²) in [5, 5.41) is 9.68. The third-order valence-corrected chi connectivity index (χ3v) is 6.32. The van der Waals surface area contributed by atoms with E-state index in [9.17, 15) is 4.79 Å². The molecule has 0 N–H and O–H groups in total. The van der Waals surface area contributed by atoms with Gasteiger partial charge in [0.05, 0.1) is 22.3 Å². The van der Waals surface area contributed by atoms with Gasteiger partial charge in [-0.25, -0.2) is 4.99 Å². The van der Waals surface area contributed by atoms with Crippen LogP contribution in [0.2, 0.25) is 5.02 Å². The molecule has 0 bridgehead atoms. The van der Waals surface area contributed by atoms with E-state index in [1.807, 2.05) is 37.1 Å². The second kappa shape index (κ2) is 11.0. The van der Waals surface area contributed by atoms with Crippen LogP contribution < -0.4 is 9.80 Å². The maximum Gasteiger partial charge on any atom is 0.144 e. The van der Waals surface area contributed by atoms with Gasteiger partial charge in [0.15, 0.2) is 0 Å². The number of allylic oxidation sites excluding steroid dienone is 2. The van der Waals surface area contributed by atoms with Gasteiger partial charge in [0.1, 0.15) is 12.1 Å². The molecule has 2 aromatic carbocycles. The summed E-state index contributed by atoms with van der Waals surface area (Å²) in [6.45, 7) is 5.66. The Kier molecular flexibility index (Phi) is 8.08. The smallest absolute Gasteiger partial charge is 0.144 e. The maximum absolute atomic E-state index is 10.6. The second-order valence-corrected chi connectivity index (χ2v) is 8.65.